The van der Waals surface area contributed by atoms with Crippen LogP contribution in [0.1, 0.15) is 30.1 Å². The van der Waals surface area contributed by atoms with Gasteiger partial charge in [0.1, 0.15) is 0 Å². The number of hydrogen-bond acceptors (Lipinski definition) is 2. The second-order valence-corrected chi connectivity index (χ2v) is 5.19. The summed E-state index contributed by atoms with van der Waals surface area (Å²) in [6.45, 7) is 3.98. The van der Waals surface area contributed by atoms with Crippen molar-refractivity contribution in [1.82, 2.24) is 4.90 Å². The van der Waals surface area contributed by atoms with Gasteiger partial charge in [0.2, 0.25) is 0 Å². The predicted octanol–water partition coefficient (Wildman–Crippen LogP) is 2.62. The van der Waals surface area contributed by atoms with Gasteiger partial charge < -0.3 is 9.80 Å². The van der Waals surface area contributed by atoms with Crippen molar-refractivity contribution in [3.63, 3.8) is 0 Å². The van der Waals surface area contributed by atoms with Crippen molar-refractivity contribution in [3.05, 3.63) is 29.8 Å². The highest BCUT2D eigenvalue weighted by Gasteiger charge is 2.25. The number of anilines is 1. The molecular weight excluding hydrogens is 224 g/mol. The van der Waals surface area contributed by atoms with E-state index >= 15 is 0 Å². The number of amides is 1. The predicted molar refractivity (Wildman–Crippen MR) is 75.1 cm³/mol. The number of carbonyl (C=O) groups is 1. The van der Waals surface area contributed by atoms with Gasteiger partial charge in [-0.3, -0.25) is 4.79 Å². The van der Waals surface area contributed by atoms with Crippen molar-refractivity contribution in [2.45, 2.75) is 19.8 Å². The molecule has 2 rings (SSSR count). The minimum absolute atomic E-state index is 0.132. The Bertz CT molecular complexity index is 409. The van der Waals surface area contributed by atoms with Crippen LogP contribution in [0, 0.1) is 5.92 Å². The summed E-state index contributed by atoms with van der Waals surface area (Å²) < 4.78 is 0. The summed E-state index contributed by atoms with van der Waals surface area (Å²) in [4.78, 5) is 16.2. The second kappa shape index (κ2) is 5.42. The monoisotopic (exact) mass is 246 g/mol. The van der Waals surface area contributed by atoms with Crippen molar-refractivity contribution in [1.29, 1.82) is 0 Å². The van der Waals surface area contributed by atoms with E-state index in [0.717, 1.165) is 30.3 Å². The Morgan fingerprint density at radius 1 is 1.22 bits per heavy atom. The van der Waals surface area contributed by atoms with E-state index < -0.39 is 0 Å². The molecule has 0 radical (unpaired) electrons. The van der Waals surface area contributed by atoms with Gasteiger partial charge in [0.05, 0.1) is 0 Å². The fourth-order valence-corrected chi connectivity index (χ4v) is 2.03. The quantitative estimate of drug-likeness (QED) is 0.797. The molecule has 18 heavy (non-hydrogen) atoms. The van der Waals surface area contributed by atoms with E-state index in [1.165, 1.54) is 12.8 Å². The average molecular weight is 246 g/mol. The lowest BCUT2D eigenvalue weighted by molar-refractivity contribution is 0.0788. The van der Waals surface area contributed by atoms with Crippen LogP contribution in [0.25, 0.3) is 0 Å². The van der Waals surface area contributed by atoms with E-state index in [2.05, 4.69) is 18.9 Å². The molecule has 1 aromatic rings. The Kier molecular flexibility index (Phi) is 3.90. The lowest BCUT2D eigenvalue weighted by Gasteiger charge is -2.19. The fraction of sp³-hybridized carbons (Fsp3) is 0.533. The van der Waals surface area contributed by atoms with E-state index in [1.807, 2.05) is 36.2 Å². The van der Waals surface area contributed by atoms with Crippen LogP contribution < -0.4 is 4.90 Å². The summed E-state index contributed by atoms with van der Waals surface area (Å²) in [5, 5.41) is 0. The van der Waals surface area contributed by atoms with Crippen molar-refractivity contribution in [2.24, 2.45) is 5.92 Å². The Hall–Kier alpha value is -1.51. The lowest BCUT2D eigenvalue weighted by atomic mass is 10.1. The molecule has 1 aliphatic carbocycles. The molecule has 0 N–H and O–H groups in total. The molecule has 0 spiro atoms. The third kappa shape index (κ3) is 3.03. The van der Waals surface area contributed by atoms with Crippen LogP contribution in [0.15, 0.2) is 24.3 Å². The van der Waals surface area contributed by atoms with E-state index in [9.17, 15) is 4.79 Å². The highest BCUT2D eigenvalue weighted by atomic mass is 16.2. The largest absolute Gasteiger partial charge is 0.375 e. The first-order chi connectivity index (χ1) is 8.61. The molecule has 0 bridgehead atoms. The summed E-state index contributed by atoms with van der Waals surface area (Å²) in [6.07, 6.45) is 2.55. The number of benzene rings is 1. The second-order valence-electron chi connectivity index (χ2n) is 5.19. The number of rotatable bonds is 5. The molecule has 1 saturated carbocycles. The number of nitrogens with zero attached hydrogens (tertiary/aromatic N) is 2. The third-order valence-corrected chi connectivity index (χ3v) is 3.61. The van der Waals surface area contributed by atoms with Gasteiger partial charge in [-0.05, 0) is 49.9 Å². The number of carbonyl (C=O) groups excluding carboxylic acids is 1. The third-order valence-electron chi connectivity index (χ3n) is 3.61. The lowest BCUT2D eigenvalue weighted by Crippen LogP contribution is -2.28. The summed E-state index contributed by atoms with van der Waals surface area (Å²) in [6, 6.07) is 7.88. The molecular formula is C15H22N2O. The van der Waals surface area contributed by atoms with Gasteiger partial charge in [0.15, 0.2) is 0 Å². The molecule has 1 aromatic carbocycles. The Labute approximate surface area is 109 Å². The van der Waals surface area contributed by atoms with Crippen molar-refractivity contribution in [2.75, 3.05) is 32.1 Å². The summed E-state index contributed by atoms with van der Waals surface area (Å²) in [7, 11) is 3.95. The smallest absolute Gasteiger partial charge is 0.253 e. The SMILES string of the molecule is CCN(C)c1ccc(C(=O)N(C)CC2CC2)cc1. The summed E-state index contributed by atoms with van der Waals surface area (Å²) >= 11 is 0. The molecule has 0 atom stereocenters. The van der Waals surface area contributed by atoms with E-state index in [0.29, 0.717) is 0 Å². The van der Waals surface area contributed by atoms with E-state index in [1.54, 1.807) is 0 Å². The highest BCUT2D eigenvalue weighted by molar-refractivity contribution is 5.94. The van der Waals surface area contributed by atoms with Crippen LogP contribution in [-0.4, -0.2) is 38.0 Å². The fourth-order valence-electron chi connectivity index (χ4n) is 2.03. The zero-order chi connectivity index (χ0) is 13.1. The maximum absolute atomic E-state index is 12.2. The number of hydrogen-bond donors (Lipinski definition) is 0. The normalized spacial score (nSPS) is 14.4. The minimum Gasteiger partial charge on any atom is -0.375 e. The van der Waals surface area contributed by atoms with Gasteiger partial charge in [0.25, 0.3) is 5.91 Å². The van der Waals surface area contributed by atoms with Gasteiger partial charge in [-0.25, -0.2) is 0 Å². The molecule has 0 unspecified atom stereocenters. The summed E-state index contributed by atoms with van der Waals surface area (Å²) in [5.41, 5.74) is 1.94. The zero-order valence-corrected chi connectivity index (χ0v) is 11.5. The van der Waals surface area contributed by atoms with Crippen LogP contribution >= 0.6 is 0 Å². The van der Waals surface area contributed by atoms with Crippen LogP contribution in [-0.2, 0) is 0 Å². The first-order valence-corrected chi connectivity index (χ1v) is 6.68. The standard InChI is InChI=1S/C15H22N2O/c1-4-16(2)14-9-7-13(8-10-14)15(18)17(3)11-12-5-6-12/h7-10,12H,4-6,11H2,1-3H3. The average Bonchev–Trinajstić information content (AvgIpc) is 3.21. The van der Waals surface area contributed by atoms with Gasteiger partial charge in [-0.2, -0.15) is 0 Å². The Morgan fingerprint density at radius 3 is 2.33 bits per heavy atom. The van der Waals surface area contributed by atoms with Crippen LogP contribution in [0.4, 0.5) is 5.69 Å². The van der Waals surface area contributed by atoms with Gasteiger partial charge in [-0.1, -0.05) is 0 Å². The molecule has 1 aliphatic rings. The van der Waals surface area contributed by atoms with Crippen LogP contribution in [0.5, 0.6) is 0 Å². The maximum Gasteiger partial charge on any atom is 0.253 e. The molecule has 0 saturated heterocycles. The molecule has 1 fully saturated rings. The van der Waals surface area contributed by atoms with E-state index in [-0.39, 0.29) is 5.91 Å². The zero-order valence-electron chi connectivity index (χ0n) is 11.5. The summed E-state index contributed by atoms with van der Waals surface area (Å²) in [5.74, 6) is 0.872. The first kappa shape index (κ1) is 12.9. The first-order valence-electron chi connectivity index (χ1n) is 6.68. The minimum atomic E-state index is 0.132. The topological polar surface area (TPSA) is 23.6 Å². The Balaban J connectivity index is 2.01. The molecule has 0 aliphatic heterocycles. The van der Waals surface area contributed by atoms with E-state index in [4.69, 9.17) is 0 Å². The molecule has 0 heterocycles. The van der Waals surface area contributed by atoms with Crippen molar-refractivity contribution < 1.29 is 4.79 Å². The van der Waals surface area contributed by atoms with Gasteiger partial charge in [-0.15, -0.1) is 0 Å². The molecule has 1 amide bonds. The van der Waals surface area contributed by atoms with Crippen molar-refractivity contribution in [3.8, 4) is 0 Å². The van der Waals surface area contributed by atoms with Gasteiger partial charge in [0, 0.05) is 38.4 Å². The van der Waals surface area contributed by atoms with Crippen LogP contribution in [0.3, 0.4) is 0 Å². The Morgan fingerprint density at radius 2 is 1.83 bits per heavy atom. The maximum atomic E-state index is 12.2. The molecule has 0 aromatic heterocycles. The highest BCUT2D eigenvalue weighted by Crippen LogP contribution is 2.29. The van der Waals surface area contributed by atoms with Gasteiger partial charge >= 0.3 is 0 Å². The van der Waals surface area contributed by atoms with Crippen molar-refractivity contribution >= 4 is 11.6 Å². The molecule has 3 heteroatoms. The molecule has 98 valence electrons. The van der Waals surface area contributed by atoms with Crippen LogP contribution in [0.2, 0.25) is 0 Å². The molecule has 3 nitrogen and oxygen atoms in total.